The van der Waals surface area contributed by atoms with Crippen LogP contribution in [-0.4, -0.2) is 26.3 Å². The minimum atomic E-state index is -0.635. The molecule has 1 unspecified atom stereocenters. The summed E-state index contributed by atoms with van der Waals surface area (Å²) < 4.78 is 1.45. The fraction of sp³-hybridized carbons (Fsp3) is 0.294. The molecule has 1 amide bonds. The Morgan fingerprint density at radius 1 is 1.38 bits per heavy atom. The van der Waals surface area contributed by atoms with E-state index in [1.54, 1.807) is 12.3 Å². The van der Waals surface area contributed by atoms with Crippen molar-refractivity contribution in [2.75, 3.05) is 5.32 Å². The van der Waals surface area contributed by atoms with Gasteiger partial charge in [0.15, 0.2) is 5.65 Å². The second-order valence-electron chi connectivity index (χ2n) is 5.93. The third-order valence-electron chi connectivity index (χ3n) is 4.01. The molecular weight excluding hydrogens is 306 g/mol. The van der Waals surface area contributed by atoms with Gasteiger partial charge in [-0.25, -0.2) is 9.97 Å². The predicted octanol–water partition coefficient (Wildman–Crippen LogP) is 1.86. The maximum Gasteiger partial charge on any atom is 0.267 e. The highest BCUT2D eigenvalue weighted by molar-refractivity contribution is 6.00. The third-order valence-corrected chi connectivity index (χ3v) is 4.01. The molecule has 1 atom stereocenters. The number of rotatable bonds is 4. The van der Waals surface area contributed by atoms with E-state index >= 15 is 0 Å². The number of aryl methyl sites for hydroxylation is 1. The van der Waals surface area contributed by atoms with Gasteiger partial charge in [-0.1, -0.05) is 13.0 Å². The average molecular weight is 325 g/mol. The molecule has 7 heteroatoms. The van der Waals surface area contributed by atoms with Gasteiger partial charge in [-0.15, -0.1) is 0 Å². The number of carbonyl (C=O) groups excluding carboxylic acids is 1. The highest BCUT2D eigenvalue weighted by atomic mass is 16.1. The standard InChI is InChI=1S/C17H19N5O2/c1-4-10(3)19-15-11(14(18)23)7-12-16(21-15)20-13-6-5-9(2)8-22(13)17(12)24/h5-8,10H,4H2,1-3H3,(H2,18,23)(H,19,21). The Bertz CT molecular complexity index is 1010. The SMILES string of the molecule is CCC(C)Nc1nc2nc3ccc(C)cn3c(=O)c2cc1C(N)=O. The lowest BCUT2D eigenvalue weighted by atomic mass is 10.1. The van der Waals surface area contributed by atoms with Gasteiger partial charge in [0.25, 0.3) is 11.5 Å². The second-order valence-corrected chi connectivity index (χ2v) is 5.93. The molecular formula is C17H19N5O2. The number of fused-ring (bicyclic) bond motifs is 2. The van der Waals surface area contributed by atoms with Crippen LogP contribution in [0, 0.1) is 6.92 Å². The van der Waals surface area contributed by atoms with Crippen LogP contribution in [0.3, 0.4) is 0 Å². The zero-order valence-corrected chi connectivity index (χ0v) is 13.8. The first-order chi connectivity index (χ1) is 11.4. The molecule has 0 aromatic carbocycles. The number of hydrogen-bond donors (Lipinski definition) is 2. The molecule has 0 fully saturated rings. The summed E-state index contributed by atoms with van der Waals surface area (Å²) in [6, 6.07) is 5.22. The molecule has 0 saturated heterocycles. The van der Waals surface area contributed by atoms with Gasteiger partial charge in [-0.2, -0.15) is 0 Å². The molecule has 3 aromatic rings. The molecule has 124 valence electrons. The summed E-state index contributed by atoms with van der Waals surface area (Å²) in [5.41, 5.74) is 7.11. The summed E-state index contributed by atoms with van der Waals surface area (Å²) in [6.45, 7) is 5.88. The van der Waals surface area contributed by atoms with Gasteiger partial charge in [-0.3, -0.25) is 14.0 Å². The van der Waals surface area contributed by atoms with E-state index in [4.69, 9.17) is 5.73 Å². The van der Waals surface area contributed by atoms with Crippen LogP contribution in [0.1, 0.15) is 36.2 Å². The van der Waals surface area contributed by atoms with Crippen molar-refractivity contribution in [1.82, 2.24) is 14.4 Å². The van der Waals surface area contributed by atoms with Crippen molar-refractivity contribution in [1.29, 1.82) is 0 Å². The first kappa shape index (κ1) is 15.9. The summed E-state index contributed by atoms with van der Waals surface area (Å²) in [5.74, 6) is -0.281. The molecule has 0 aliphatic carbocycles. The van der Waals surface area contributed by atoms with Crippen LogP contribution >= 0.6 is 0 Å². The lowest BCUT2D eigenvalue weighted by molar-refractivity contribution is 0.100. The number of amides is 1. The molecule has 0 aliphatic rings. The van der Waals surface area contributed by atoms with E-state index < -0.39 is 5.91 Å². The maximum atomic E-state index is 12.7. The number of pyridine rings is 2. The smallest absolute Gasteiger partial charge is 0.267 e. The lowest BCUT2D eigenvalue weighted by Gasteiger charge is -2.15. The van der Waals surface area contributed by atoms with Crippen LogP contribution in [0.15, 0.2) is 29.2 Å². The van der Waals surface area contributed by atoms with Crippen molar-refractivity contribution in [2.45, 2.75) is 33.2 Å². The number of hydrogen-bond acceptors (Lipinski definition) is 5. The van der Waals surface area contributed by atoms with Crippen molar-refractivity contribution in [3.8, 4) is 0 Å². The minimum Gasteiger partial charge on any atom is -0.367 e. The summed E-state index contributed by atoms with van der Waals surface area (Å²) in [7, 11) is 0. The van der Waals surface area contributed by atoms with E-state index in [-0.39, 0.29) is 22.6 Å². The van der Waals surface area contributed by atoms with Gasteiger partial charge in [0.05, 0.1) is 10.9 Å². The highest BCUT2D eigenvalue weighted by Crippen LogP contribution is 2.19. The van der Waals surface area contributed by atoms with Gasteiger partial charge in [0, 0.05) is 12.2 Å². The van der Waals surface area contributed by atoms with Crippen molar-refractivity contribution in [3.63, 3.8) is 0 Å². The van der Waals surface area contributed by atoms with E-state index in [0.29, 0.717) is 17.1 Å². The van der Waals surface area contributed by atoms with Crippen LogP contribution in [0.2, 0.25) is 0 Å². The molecule has 3 N–H and O–H groups in total. The Morgan fingerprint density at radius 2 is 2.12 bits per heavy atom. The van der Waals surface area contributed by atoms with E-state index in [0.717, 1.165) is 12.0 Å². The molecule has 7 nitrogen and oxygen atoms in total. The fourth-order valence-electron chi connectivity index (χ4n) is 2.47. The van der Waals surface area contributed by atoms with Crippen LogP contribution < -0.4 is 16.6 Å². The summed E-state index contributed by atoms with van der Waals surface area (Å²) in [4.78, 5) is 33.3. The molecule has 0 saturated carbocycles. The van der Waals surface area contributed by atoms with Crippen LogP contribution in [-0.2, 0) is 0 Å². The number of primary amides is 1. The zero-order chi connectivity index (χ0) is 17.4. The Kier molecular flexibility index (Phi) is 3.92. The quantitative estimate of drug-likeness (QED) is 0.713. The molecule has 24 heavy (non-hydrogen) atoms. The predicted molar refractivity (Wildman–Crippen MR) is 93.4 cm³/mol. The van der Waals surface area contributed by atoms with E-state index in [2.05, 4.69) is 15.3 Å². The highest BCUT2D eigenvalue weighted by Gasteiger charge is 2.16. The zero-order valence-electron chi connectivity index (χ0n) is 13.8. The maximum absolute atomic E-state index is 12.7. The normalized spacial score (nSPS) is 12.5. The number of anilines is 1. The van der Waals surface area contributed by atoms with Gasteiger partial charge >= 0.3 is 0 Å². The topological polar surface area (TPSA) is 102 Å². The van der Waals surface area contributed by atoms with E-state index in [1.165, 1.54) is 10.5 Å². The van der Waals surface area contributed by atoms with Crippen LogP contribution in [0.4, 0.5) is 5.82 Å². The largest absolute Gasteiger partial charge is 0.367 e. The van der Waals surface area contributed by atoms with Gasteiger partial charge < -0.3 is 11.1 Å². The average Bonchev–Trinajstić information content (AvgIpc) is 2.55. The number of aromatic nitrogens is 3. The van der Waals surface area contributed by atoms with Crippen molar-refractivity contribution in [2.24, 2.45) is 5.73 Å². The van der Waals surface area contributed by atoms with Gasteiger partial charge in [-0.05, 0) is 38.0 Å². The Hall–Kier alpha value is -2.96. The first-order valence-electron chi connectivity index (χ1n) is 7.80. The van der Waals surface area contributed by atoms with Gasteiger partial charge in [0.2, 0.25) is 0 Å². The Morgan fingerprint density at radius 3 is 2.79 bits per heavy atom. The lowest BCUT2D eigenvalue weighted by Crippen LogP contribution is -2.23. The molecule has 0 spiro atoms. The number of nitrogens with one attached hydrogen (secondary N) is 1. The number of carbonyl (C=O) groups is 1. The van der Waals surface area contributed by atoms with E-state index in [9.17, 15) is 9.59 Å². The van der Waals surface area contributed by atoms with Gasteiger partial charge in [0.1, 0.15) is 11.5 Å². The summed E-state index contributed by atoms with van der Waals surface area (Å²) in [6.07, 6.45) is 2.56. The van der Waals surface area contributed by atoms with Crippen molar-refractivity contribution < 1.29 is 4.79 Å². The third kappa shape index (κ3) is 2.68. The molecule has 0 radical (unpaired) electrons. The monoisotopic (exact) mass is 325 g/mol. The number of nitrogens with two attached hydrogens (primary N) is 1. The summed E-state index contributed by atoms with van der Waals surface area (Å²) in [5, 5.41) is 3.41. The van der Waals surface area contributed by atoms with Crippen molar-refractivity contribution in [3.05, 3.63) is 45.9 Å². The Balaban J connectivity index is 2.33. The molecule has 3 rings (SSSR count). The molecule has 3 heterocycles. The fourth-order valence-corrected chi connectivity index (χ4v) is 2.47. The molecule has 3 aromatic heterocycles. The summed E-state index contributed by atoms with van der Waals surface area (Å²) >= 11 is 0. The van der Waals surface area contributed by atoms with E-state index in [1.807, 2.05) is 26.8 Å². The minimum absolute atomic E-state index is 0.109. The number of nitrogens with zero attached hydrogens (tertiary/aromatic N) is 3. The van der Waals surface area contributed by atoms with Crippen LogP contribution in [0.25, 0.3) is 16.7 Å². The molecule has 0 aliphatic heterocycles. The molecule has 0 bridgehead atoms. The second kappa shape index (κ2) is 5.92. The Labute approximate surface area is 138 Å². The first-order valence-corrected chi connectivity index (χ1v) is 7.80. The van der Waals surface area contributed by atoms with Crippen LogP contribution in [0.5, 0.6) is 0 Å². The van der Waals surface area contributed by atoms with Crippen molar-refractivity contribution >= 4 is 28.4 Å².